The summed E-state index contributed by atoms with van der Waals surface area (Å²) in [6.07, 6.45) is 1.07. The van der Waals surface area contributed by atoms with Crippen molar-refractivity contribution in [2.45, 2.75) is 126 Å². The molecule has 2 rings (SSSR count). The van der Waals surface area contributed by atoms with Crippen LogP contribution in [0, 0.1) is 0 Å². The molecule has 32 N–H and O–H groups in total. The molecule has 438 valence electrons. The number of nitrogens with two attached hydrogens (primary N) is 12. The van der Waals surface area contributed by atoms with Gasteiger partial charge in [0.15, 0.2) is 29.8 Å². The van der Waals surface area contributed by atoms with Gasteiger partial charge in [-0.2, -0.15) is 0 Å². The molecule has 33 heteroatoms. The summed E-state index contributed by atoms with van der Waals surface area (Å²) in [5, 5.41) is 26.2. The van der Waals surface area contributed by atoms with Crippen molar-refractivity contribution in [3.8, 4) is 0 Å². The number of aliphatic carboxylic acids is 1. The van der Waals surface area contributed by atoms with Crippen LogP contribution in [0.25, 0.3) is 10.9 Å². The molecule has 79 heavy (non-hydrogen) atoms. The maximum atomic E-state index is 14.5. The van der Waals surface area contributed by atoms with Crippen LogP contribution < -0.4 is 101 Å². The van der Waals surface area contributed by atoms with E-state index in [-0.39, 0.29) is 133 Å². The van der Waals surface area contributed by atoms with Gasteiger partial charge in [-0.25, -0.2) is 4.79 Å². The average Bonchev–Trinajstić information content (AvgIpc) is 3.81. The Morgan fingerprint density at radius 2 is 0.772 bits per heavy atom. The Morgan fingerprint density at radius 1 is 0.443 bits per heavy atom. The van der Waals surface area contributed by atoms with E-state index in [2.05, 4.69) is 61.8 Å². The zero-order valence-corrected chi connectivity index (χ0v) is 44.0. The molecule has 0 spiro atoms. The van der Waals surface area contributed by atoms with Crippen LogP contribution >= 0.6 is 0 Å². The number of aliphatic imine (C=N–C) groups is 5. The van der Waals surface area contributed by atoms with Crippen LogP contribution in [0.2, 0.25) is 0 Å². The van der Waals surface area contributed by atoms with Crippen molar-refractivity contribution in [3.63, 3.8) is 0 Å². The highest BCUT2D eigenvalue weighted by Crippen LogP contribution is 2.20. The second-order valence-corrected chi connectivity index (χ2v) is 18.1. The number of nitrogens with one attached hydrogen (secondary N) is 7. The molecule has 0 unspecified atom stereocenters. The SMILES string of the molecule is NC(=O)CC[C@H](NC(=O)[C@H](Cc1c[nH]c2ccccc12)NC(=O)[C@@H](N)CCCN=C(N)N)C(=O)N[C@@H](CCCN=C(N)N)C(=O)N[C@@H](CCCN=C(N)N)C(=O)N[C@@H](CCCN=C(N)N)C(=O)N[C@@H](CCCN=C(N)N)C(=O)O. The van der Waals surface area contributed by atoms with Crippen LogP contribution in [0.1, 0.15) is 82.6 Å². The first-order valence-corrected chi connectivity index (χ1v) is 25.3. The molecule has 1 aromatic heterocycles. The number of aromatic nitrogens is 1. The summed E-state index contributed by atoms with van der Waals surface area (Å²) in [4.78, 5) is 132. The molecule has 0 aliphatic rings. The Bertz CT molecular complexity index is 2490. The van der Waals surface area contributed by atoms with Crippen LogP contribution in [-0.4, -0.2) is 162 Å². The number of amides is 7. The van der Waals surface area contributed by atoms with Gasteiger partial charge in [-0.1, -0.05) is 18.2 Å². The number of para-hydroxylation sites is 1. The van der Waals surface area contributed by atoms with Gasteiger partial charge in [-0.3, -0.25) is 58.5 Å². The number of hydrogen-bond acceptors (Lipinski definition) is 14. The quantitative estimate of drug-likeness (QED) is 0.0169. The molecule has 1 aromatic carbocycles. The zero-order chi connectivity index (χ0) is 59.0. The molecular weight excluding hydrogens is 1030 g/mol. The van der Waals surface area contributed by atoms with Gasteiger partial charge in [0, 0.05) is 62.7 Å². The Labute approximate surface area is 455 Å². The molecule has 0 radical (unpaired) electrons. The van der Waals surface area contributed by atoms with E-state index in [1.807, 2.05) is 6.07 Å². The van der Waals surface area contributed by atoms with Gasteiger partial charge in [0.2, 0.25) is 41.4 Å². The molecular formula is C46H80N24O9. The van der Waals surface area contributed by atoms with E-state index in [0.29, 0.717) is 12.0 Å². The highest BCUT2D eigenvalue weighted by Gasteiger charge is 2.34. The number of H-pyrrole nitrogens is 1. The first-order chi connectivity index (χ1) is 37.4. The summed E-state index contributed by atoms with van der Waals surface area (Å²) in [6.45, 7) is 0.217. The Hall–Kier alpha value is -9.17. The number of rotatable bonds is 38. The number of hydrogen-bond donors (Lipinski definition) is 20. The second-order valence-electron chi connectivity index (χ2n) is 18.1. The molecule has 7 amide bonds. The van der Waals surface area contributed by atoms with Crippen molar-refractivity contribution < 1.29 is 43.5 Å². The van der Waals surface area contributed by atoms with E-state index < -0.39 is 96.0 Å². The zero-order valence-electron chi connectivity index (χ0n) is 44.0. The van der Waals surface area contributed by atoms with E-state index in [9.17, 15) is 43.5 Å². The van der Waals surface area contributed by atoms with Crippen LogP contribution in [-0.2, 0) is 44.8 Å². The van der Waals surface area contributed by atoms with Crippen LogP contribution in [0.4, 0.5) is 0 Å². The lowest BCUT2D eigenvalue weighted by atomic mass is 10.0. The fourth-order valence-electron chi connectivity index (χ4n) is 7.65. The number of benzene rings is 1. The van der Waals surface area contributed by atoms with Gasteiger partial charge in [0.05, 0.1) is 6.04 Å². The molecule has 0 saturated carbocycles. The Balaban J connectivity index is 2.56. The summed E-state index contributed by atoms with van der Waals surface area (Å²) in [5.74, 6) is -8.70. The maximum Gasteiger partial charge on any atom is 0.326 e. The van der Waals surface area contributed by atoms with E-state index in [0.717, 1.165) is 10.9 Å². The van der Waals surface area contributed by atoms with Crippen molar-refractivity contribution in [3.05, 3.63) is 36.0 Å². The lowest BCUT2D eigenvalue weighted by molar-refractivity contribution is -0.142. The molecule has 7 atom stereocenters. The maximum absolute atomic E-state index is 14.5. The van der Waals surface area contributed by atoms with Crippen molar-refractivity contribution in [1.29, 1.82) is 0 Å². The molecule has 0 aliphatic heterocycles. The Kier molecular flexibility index (Phi) is 29.4. The fraction of sp³-hybridized carbons (Fsp3) is 0.543. The highest BCUT2D eigenvalue weighted by atomic mass is 16.4. The fourth-order valence-corrected chi connectivity index (χ4v) is 7.65. The standard InChI is InChI=1S/C46H80N24O9/c47-26(9-3-17-59-42(49)50)35(72)70-33(22-24-23-64-27-10-2-1-8-25(24)27)40(77)68-31(15-16-34(48)71)39(76)67-29(12-5-19-61-44(53)54)37(74)65-28(11-4-18-60-43(51)52)36(73)66-30(13-6-20-62-45(55)56)38(75)69-32(41(78)79)14-7-21-63-46(57)58/h1-2,8,10,23,26,28-33,64H,3-7,9,11-22,47H2,(H2,48,71)(H,65,74)(H,66,73)(H,67,76)(H,68,77)(H,69,75)(H,70,72)(H,78,79)(H4,49,50,59)(H4,51,52,60)(H4,53,54,61)(H4,55,56,62)(H4,57,58,63)/t26-,28-,29-,30-,31-,32-,33-/m0/s1. The topological polar surface area (TPSA) is 619 Å². The van der Waals surface area contributed by atoms with Gasteiger partial charge in [0.25, 0.3) is 0 Å². The summed E-state index contributed by atoms with van der Waals surface area (Å²) >= 11 is 0. The van der Waals surface area contributed by atoms with Gasteiger partial charge in [-0.15, -0.1) is 0 Å². The number of carboxylic acids is 1. The lowest BCUT2D eigenvalue weighted by Crippen LogP contribution is -2.60. The van der Waals surface area contributed by atoms with Gasteiger partial charge in [-0.05, 0) is 82.3 Å². The van der Waals surface area contributed by atoms with Crippen molar-refractivity contribution in [2.75, 3.05) is 32.7 Å². The van der Waals surface area contributed by atoms with Crippen LogP contribution in [0.5, 0.6) is 0 Å². The molecule has 1 heterocycles. The minimum Gasteiger partial charge on any atom is -0.480 e. The smallest absolute Gasteiger partial charge is 0.326 e. The van der Waals surface area contributed by atoms with Gasteiger partial charge in [0.1, 0.15) is 36.3 Å². The number of nitrogens with zero attached hydrogens (tertiary/aromatic N) is 5. The molecule has 0 bridgehead atoms. The highest BCUT2D eigenvalue weighted by molar-refractivity contribution is 5.98. The average molecular weight is 1110 g/mol. The van der Waals surface area contributed by atoms with Crippen LogP contribution in [0.15, 0.2) is 55.4 Å². The number of primary amides is 1. The predicted octanol–water partition coefficient (Wildman–Crippen LogP) is -7.44. The summed E-state index contributed by atoms with van der Waals surface area (Å²) in [7, 11) is 0. The van der Waals surface area contributed by atoms with E-state index >= 15 is 0 Å². The largest absolute Gasteiger partial charge is 0.480 e. The minimum absolute atomic E-state index is 0.0139. The number of carbonyl (C=O) groups is 8. The first-order valence-electron chi connectivity index (χ1n) is 25.3. The summed E-state index contributed by atoms with van der Waals surface area (Å²) in [6, 6.07) is -2.67. The molecule has 0 saturated heterocycles. The summed E-state index contributed by atoms with van der Waals surface area (Å²) in [5.41, 5.74) is 67.7. The van der Waals surface area contributed by atoms with Gasteiger partial charge < -0.3 is 111 Å². The van der Waals surface area contributed by atoms with Crippen molar-refractivity contribution in [2.24, 2.45) is 93.8 Å². The normalized spacial score (nSPS) is 13.4. The first kappa shape index (κ1) is 65.9. The number of carbonyl (C=O) groups excluding carboxylic acids is 7. The van der Waals surface area contributed by atoms with Crippen molar-refractivity contribution >= 4 is 88.0 Å². The third-order valence-electron chi connectivity index (χ3n) is 11.6. The van der Waals surface area contributed by atoms with Crippen molar-refractivity contribution in [1.82, 2.24) is 36.9 Å². The minimum atomic E-state index is -1.57. The lowest BCUT2D eigenvalue weighted by Gasteiger charge is -2.28. The number of fused-ring (bicyclic) bond motifs is 1. The third-order valence-corrected chi connectivity index (χ3v) is 11.6. The Morgan fingerprint density at radius 3 is 1.15 bits per heavy atom. The monoisotopic (exact) mass is 1110 g/mol. The number of aromatic amines is 1. The third kappa shape index (κ3) is 26.9. The molecule has 0 fully saturated rings. The van der Waals surface area contributed by atoms with Crippen LogP contribution in [0.3, 0.4) is 0 Å². The molecule has 2 aromatic rings. The van der Waals surface area contributed by atoms with E-state index in [1.165, 1.54) is 0 Å². The predicted molar refractivity (Wildman–Crippen MR) is 297 cm³/mol. The summed E-state index contributed by atoms with van der Waals surface area (Å²) < 4.78 is 0. The number of carboxylic acid groups (broad SMARTS) is 1. The number of guanidine groups is 5. The molecule has 0 aliphatic carbocycles. The second kappa shape index (κ2) is 35.2. The molecule has 33 nitrogen and oxygen atoms in total. The van der Waals surface area contributed by atoms with Gasteiger partial charge >= 0.3 is 5.97 Å². The van der Waals surface area contributed by atoms with E-state index in [1.54, 1.807) is 24.4 Å². The van der Waals surface area contributed by atoms with E-state index in [4.69, 9.17) is 68.8 Å².